The minimum Gasteiger partial charge on any atom is -0.494 e. The van der Waals surface area contributed by atoms with Crippen LogP contribution in [0.15, 0.2) is 41.3 Å². The molecule has 0 aliphatic carbocycles. The molecular formula is C12H10N2O2. The summed E-state index contributed by atoms with van der Waals surface area (Å²) < 4.78 is 10.8. The van der Waals surface area contributed by atoms with Crippen LogP contribution in [-0.2, 0) is 0 Å². The lowest BCUT2D eigenvalue weighted by Gasteiger charge is -2.06. The zero-order chi connectivity index (χ0) is 11.0. The van der Waals surface area contributed by atoms with Crippen molar-refractivity contribution in [1.82, 2.24) is 9.97 Å². The minimum absolute atomic E-state index is 0.730. The van der Waals surface area contributed by atoms with Crippen LogP contribution in [-0.4, -0.2) is 17.1 Å². The normalized spacial score (nSPS) is 10.8. The van der Waals surface area contributed by atoms with Gasteiger partial charge in [-0.05, 0) is 24.3 Å². The van der Waals surface area contributed by atoms with Crippen LogP contribution in [0.2, 0.25) is 0 Å². The van der Waals surface area contributed by atoms with E-state index in [-0.39, 0.29) is 0 Å². The molecule has 0 saturated heterocycles. The van der Waals surface area contributed by atoms with Gasteiger partial charge >= 0.3 is 0 Å². The fraction of sp³-hybridized carbons (Fsp3) is 0.0833. The number of aromatic amines is 1. The molecule has 3 aromatic rings. The SMILES string of the molecule is COc1c(-c2ccco2)ccc2[nH]cnc12. The Kier molecular flexibility index (Phi) is 1.93. The topological polar surface area (TPSA) is 51.0 Å². The molecule has 80 valence electrons. The summed E-state index contributed by atoms with van der Waals surface area (Å²) in [7, 11) is 1.63. The third kappa shape index (κ3) is 1.20. The van der Waals surface area contributed by atoms with Crippen molar-refractivity contribution >= 4 is 11.0 Å². The maximum Gasteiger partial charge on any atom is 0.157 e. The summed E-state index contributed by atoms with van der Waals surface area (Å²) in [5.74, 6) is 1.51. The Morgan fingerprint density at radius 2 is 2.25 bits per heavy atom. The second-order valence-corrected chi connectivity index (χ2v) is 3.42. The molecule has 0 fully saturated rings. The van der Waals surface area contributed by atoms with Gasteiger partial charge in [0.15, 0.2) is 5.75 Å². The Hall–Kier alpha value is -2.23. The van der Waals surface area contributed by atoms with E-state index in [2.05, 4.69) is 9.97 Å². The number of ether oxygens (including phenoxy) is 1. The standard InChI is InChI=1S/C12H10N2O2/c1-15-12-8(10-3-2-6-16-10)4-5-9-11(12)14-7-13-9/h2-7H,1H3,(H,13,14). The average Bonchev–Trinajstić information content (AvgIpc) is 2.97. The highest BCUT2D eigenvalue weighted by atomic mass is 16.5. The highest BCUT2D eigenvalue weighted by Crippen LogP contribution is 2.35. The van der Waals surface area contributed by atoms with Gasteiger partial charge in [-0.2, -0.15) is 0 Å². The van der Waals surface area contributed by atoms with Crippen molar-refractivity contribution in [2.75, 3.05) is 7.11 Å². The van der Waals surface area contributed by atoms with E-state index in [1.54, 1.807) is 19.7 Å². The van der Waals surface area contributed by atoms with Crippen LogP contribution in [0.4, 0.5) is 0 Å². The molecule has 0 aliphatic heterocycles. The Bertz CT molecular complexity index is 611. The Balaban J connectivity index is 2.32. The van der Waals surface area contributed by atoms with E-state index in [0.717, 1.165) is 28.1 Å². The lowest BCUT2D eigenvalue weighted by atomic mass is 10.1. The quantitative estimate of drug-likeness (QED) is 0.713. The van der Waals surface area contributed by atoms with Crippen LogP contribution in [0.3, 0.4) is 0 Å². The van der Waals surface area contributed by atoms with Crippen molar-refractivity contribution in [3.8, 4) is 17.1 Å². The highest BCUT2D eigenvalue weighted by Gasteiger charge is 2.13. The number of nitrogens with zero attached hydrogens (tertiary/aromatic N) is 1. The lowest BCUT2D eigenvalue weighted by molar-refractivity contribution is 0.419. The van der Waals surface area contributed by atoms with Crippen LogP contribution in [0.1, 0.15) is 0 Å². The number of H-pyrrole nitrogens is 1. The predicted molar refractivity (Wildman–Crippen MR) is 60.3 cm³/mol. The fourth-order valence-electron chi connectivity index (χ4n) is 1.81. The molecule has 0 amide bonds. The second kappa shape index (κ2) is 3.41. The van der Waals surface area contributed by atoms with Crippen molar-refractivity contribution < 1.29 is 9.15 Å². The highest BCUT2D eigenvalue weighted by molar-refractivity contribution is 5.89. The summed E-state index contributed by atoms with van der Waals surface area (Å²) in [6.45, 7) is 0. The first kappa shape index (κ1) is 9.03. The smallest absolute Gasteiger partial charge is 0.157 e. The number of benzene rings is 1. The van der Waals surface area contributed by atoms with Gasteiger partial charge in [0.1, 0.15) is 11.3 Å². The van der Waals surface area contributed by atoms with Crippen LogP contribution >= 0.6 is 0 Å². The summed E-state index contributed by atoms with van der Waals surface area (Å²) in [6.07, 6.45) is 3.29. The number of furan rings is 1. The molecule has 2 aromatic heterocycles. The molecule has 0 saturated carbocycles. The van der Waals surface area contributed by atoms with Crippen molar-refractivity contribution in [3.05, 3.63) is 36.9 Å². The largest absolute Gasteiger partial charge is 0.494 e. The molecule has 4 heteroatoms. The zero-order valence-electron chi connectivity index (χ0n) is 8.73. The first-order valence-electron chi connectivity index (χ1n) is 4.94. The van der Waals surface area contributed by atoms with Crippen LogP contribution in [0, 0.1) is 0 Å². The van der Waals surface area contributed by atoms with Gasteiger partial charge in [0, 0.05) is 0 Å². The number of nitrogens with one attached hydrogen (secondary N) is 1. The monoisotopic (exact) mass is 214 g/mol. The number of fused-ring (bicyclic) bond motifs is 1. The number of hydrogen-bond acceptors (Lipinski definition) is 3. The Morgan fingerprint density at radius 3 is 3.00 bits per heavy atom. The molecule has 16 heavy (non-hydrogen) atoms. The second-order valence-electron chi connectivity index (χ2n) is 3.42. The molecular weight excluding hydrogens is 204 g/mol. The minimum atomic E-state index is 0.730. The number of rotatable bonds is 2. The molecule has 4 nitrogen and oxygen atoms in total. The van der Waals surface area contributed by atoms with Gasteiger partial charge in [-0.15, -0.1) is 0 Å². The molecule has 0 unspecified atom stereocenters. The van der Waals surface area contributed by atoms with E-state index < -0.39 is 0 Å². The van der Waals surface area contributed by atoms with Gasteiger partial charge in [-0.3, -0.25) is 0 Å². The van der Waals surface area contributed by atoms with E-state index in [1.807, 2.05) is 24.3 Å². The fourth-order valence-corrected chi connectivity index (χ4v) is 1.81. The molecule has 0 atom stereocenters. The number of hydrogen-bond donors (Lipinski definition) is 1. The summed E-state index contributed by atoms with van der Waals surface area (Å²) in [5, 5.41) is 0. The number of aromatic nitrogens is 2. The lowest BCUT2D eigenvalue weighted by Crippen LogP contribution is -1.88. The van der Waals surface area contributed by atoms with Gasteiger partial charge in [0.05, 0.1) is 30.8 Å². The van der Waals surface area contributed by atoms with Crippen molar-refractivity contribution in [2.45, 2.75) is 0 Å². The van der Waals surface area contributed by atoms with Crippen molar-refractivity contribution in [3.63, 3.8) is 0 Å². The summed E-state index contributed by atoms with van der Waals surface area (Å²) >= 11 is 0. The molecule has 1 N–H and O–H groups in total. The van der Waals surface area contributed by atoms with Crippen LogP contribution in [0.25, 0.3) is 22.4 Å². The molecule has 0 radical (unpaired) electrons. The van der Waals surface area contributed by atoms with E-state index in [1.165, 1.54) is 0 Å². The summed E-state index contributed by atoms with van der Waals surface area (Å²) in [5.41, 5.74) is 2.68. The Labute approximate surface area is 91.9 Å². The number of methoxy groups -OCH3 is 1. The van der Waals surface area contributed by atoms with Gasteiger partial charge in [0.2, 0.25) is 0 Å². The third-order valence-corrected chi connectivity index (χ3v) is 2.54. The summed E-state index contributed by atoms with van der Waals surface area (Å²) in [6, 6.07) is 7.67. The van der Waals surface area contributed by atoms with Gasteiger partial charge in [-0.1, -0.05) is 0 Å². The molecule has 0 bridgehead atoms. The van der Waals surface area contributed by atoms with Gasteiger partial charge < -0.3 is 14.1 Å². The summed E-state index contributed by atoms with van der Waals surface area (Å²) in [4.78, 5) is 7.28. The van der Waals surface area contributed by atoms with Gasteiger partial charge in [-0.25, -0.2) is 4.98 Å². The van der Waals surface area contributed by atoms with E-state index in [0.29, 0.717) is 0 Å². The van der Waals surface area contributed by atoms with E-state index in [4.69, 9.17) is 9.15 Å². The molecule has 0 aliphatic rings. The maximum absolute atomic E-state index is 5.40. The van der Waals surface area contributed by atoms with Gasteiger partial charge in [0.25, 0.3) is 0 Å². The van der Waals surface area contributed by atoms with Crippen LogP contribution in [0.5, 0.6) is 5.75 Å². The van der Waals surface area contributed by atoms with E-state index in [9.17, 15) is 0 Å². The first-order chi connectivity index (χ1) is 7.90. The van der Waals surface area contributed by atoms with Crippen LogP contribution < -0.4 is 4.74 Å². The van der Waals surface area contributed by atoms with E-state index >= 15 is 0 Å². The molecule has 1 aromatic carbocycles. The molecule has 3 rings (SSSR count). The molecule has 2 heterocycles. The van der Waals surface area contributed by atoms with Crippen molar-refractivity contribution in [2.24, 2.45) is 0 Å². The molecule has 0 spiro atoms. The predicted octanol–water partition coefficient (Wildman–Crippen LogP) is 2.83. The van der Waals surface area contributed by atoms with Crippen molar-refractivity contribution in [1.29, 1.82) is 0 Å². The average molecular weight is 214 g/mol. The maximum atomic E-state index is 5.40. The number of imidazole rings is 1. The first-order valence-corrected chi connectivity index (χ1v) is 4.94. The zero-order valence-corrected chi connectivity index (χ0v) is 8.73. The third-order valence-electron chi connectivity index (χ3n) is 2.54. The Morgan fingerprint density at radius 1 is 1.31 bits per heavy atom.